The predicted molar refractivity (Wildman–Crippen MR) is 92.5 cm³/mol. The second kappa shape index (κ2) is 6.64. The standard InChI is InChI=1S/C18H19N3O3/c1-2-24-14-10-8-12(9-11-14)16(22)15-17(19)20-21(18(15)23)13-6-4-3-5-7-13/h3-11,16,20,22H,2,19H2,1H3/t16-/m1/s1. The molecule has 2 aromatic carbocycles. The maximum atomic E-state index is 12.6. The second-order valence-electron chi connectivity index (χ2n) is 5.32. The summed E-state index contributed by atoms with van der Waals surface area (Å²) in [7, 11) is 0. The highest BCUT2D eigenvalue weighted by Crippen LogP contribution is 2.25. The number of nitrogen functional groups attached to an aromatic ring is 1. The summed E-state index contributed by atoms with van der Waals surface area (Å²) in [5, 5.41) is 13.4. The van der Waals surface area contributed by atoms with Crippen molar-refractivity contribution in [2.45, 2.75) is 13.0 Å². The molecule has 0 spiro atoms. The summed E-state index contributed by atoms with van der Waals surface area (Å²) >= 11 is 0. The molecule has 0 saturated heterocycles. The number of nitrogens with one attached hydrogen (secondary N) is 1. The highest BCUT2D eigenvalue weighted by atomic mass is 16.5. The lowest BCUT2D eigenvalue weighted by atomic mass is 10.0. The van der Waals surface area contributed by atoms with E-state index in [9.17, 15) is 9.90 Å². The topological polar surface area (TPSA) is 93.3 Å². The number of aliphatic hydroxyl groups excluding tert-OH is 1. The van der Waals surface area contributed by atoms with Gasteiger partial charge >= 0.3 is 0 Å². The van der Waals surface area contributed by atoms with Crippen molar-refractivity contribution >= 4 is 5.82 Å². The van der Waals surface area contributed by atoms with Gasteiger partial charge in [-0.2, -0.15) is 0 Å². The van der Waals surface area contributed by atoms with E-state index in [1.165, 1.54) is 4.68 Å². The van der Waals surface area contributed by atoms with E-state index in [4.69, 9.17) is 10.5 Å². The van der Waals surface area contributed by atoms with Gasteiger partial charge in [-0.25, -0.2) is 4.68 Å². The van der Waals surface area contributed by atoms with Crippen LogP contribution in [-0.2, 0) is 0 Å². The number of anilines is 1. The highest BCUT2D eigenvalue weighted by molar-refractivity contribution is 5.46. The number of aliphatic hydroxyl groups is 1. The molecule has 0 fully saturated rings. The maximum absolute atomic E-state index is 12.6. The van der Waals surface area contributed by atoms with E-state index in [0.29, 0.717) is 23.6 Å². The van der Waals surface area contributed by atoms with E-state index in [1.54, 1.807) is 36.4 Å². The Morgan fingerprint density at radius 1 is 1.17 bits per heavy atom. The molecule has 124 valence electrons. The lowest BCUT2D eigenvalue weighted by Crippen LogP contribution is -2.20. The Hall–Kier alpha value is -2.99. The highest BCUT2D eigenvalue weighted by Gasteiger charge is 2.22. The molecule has 6 heteroatoms. The van der Waals surface area contributed by atoms with Crippen LogP contribution in [0.4, 0.5) is 5.82 Å². The van der Waals surface area contributed by atoms with Crippen LogP contribution in [0.5, 0.6) is 5.75 Å². The Morgan fingerprint density at radius 2 is 1.83 bits per heavy atom. The Labute approximate surface area is 139 Å². The van der Waals surface area contributed by atoms with Gasteiger partial charge in [0.1, 0.15) is 17.7 Å². The molecule has 6 nitrogen and oxygen atoms in total. The van der Waals surface area contributed by atoms with Crippen molar-refractivity contribution in [3.05, 3.63) is 76.1 Å². The van der Waals surface area contributed by atoms with E-state index in [2.05, 4.69) is 5.10 Å². The first kappa shape index (κ1) is 15.9. The first-order valence-electron chi connectivity index (χ1n) is 7.68. The average molecular weight is 325 g/mol. The summed E-state index contributed by atoms with van der Waals surface area (Å²) in [5.74, 6) is 0.849. The molecule has 3 rings (SSSR count). The van der Waals surface area contributed by atoms with Gasteiger partial charge in [0, 0.05) is 0 Å². The van der Waals surface area contributed by atoms with Gasteiger partial charge in [-0.15, -0.1) is 0 Å². The molecule has 1 heterocycles. The molecular weight excluding hydrogens is 306 g/mol. The minimum atomic E-state index is -1.12. The monoisotopic (exact) mass is 325 g/mol. The molecule has 0 bridgehead atoms. The smallest absolute Gasteiger partial charge is 0.279 e. The van der Waals surface area contributed by atoms with Crippen molar-refractivity contribution < 1.29 is 9.84 Å². The van der Waals surface area contributed by atoms with Crippen molar-refractivity contribution in [3.63, 3.8) is 0 Å². The van der Waals surface area contributed by atoms with Gasteiger partial charge in [-0.3, -0.25) is 9.89 Å². The Morgan fingerprint density at radius 3 is 2.46 bits per heavy atom. The van der Waals surface area contributed by atoms with E-state index in [-0.39, 0.29) is 16.9 Å². The van der Waals surface area contributed by atoms with Crippen LogP contribution in [0.15, 0.2) is 59.4 Å². The number of rotatable bonds is 5. The summed E-state index contributed by atoms with van der Waals surface area (Å²) in [6.45, 7) is 2.46. The lowest BCUT2D eigenvalue weighted by molar-refractivity contribution is 0.219. The van der Waals surface area contributed by atoms with Gasteiger partial charge in [0.15, 0.2) is 0 Å². The fourth-order valence-corrected chi connectivity index (χ4v) is 2.57. The number of hydrogen-bond acceptors (Lipinski definition) is 4. The summed E-state index contributed by atoms with van der Waals surface area (Å²) in [6.07, 6.45) is -1.12. The molecule has 3 aromatic rings. The quantitative estimate of drug-likeness (QED) is 0.670. The van der Waals surface area contributed by atoms with Crippen LogP contribution < -0.4 is 16.0 Å². The number of aromatic amines is 1. The predicted octanol–water partition coefficient (Wildman–Crippen LogP) is 2.23. The van der Waals surface area contributed by atoms with E-state index in [1.807, 2.05) is 25.1 Å². The summed E-state index contributed by atoms with van der Waals surface area (Å²) in [5.41, 5.74) is 6.91. The molecule has 4 N–H and O–H groups in total. The zero-order valence-electron chi connectivity index (χ0n) is 13.3. The second-order valence-corrected chi connectivity index (χ2v) is 5.32. The first-order valence-corrected chi connectivity index (χ1v) is 7.68. The molecule has 0 saturated carbocycles. The number of ether oxygens (including phenoxy) is 1. The maximum Gasteiger partial charge on any atom is 0.279 e. The van der Waals surface area contributed by atoms with Gasteiger partial charge in [-0.05, 0) is 36.8 Å². The van der Waals surface area contributed by atoms with Crippen molar-refractivity contribution in [1.29, 1.82) is 0 Å². The molecule has 24 heavy (non-hydrogen) atoms. The normalized spacial score (nSPS) is 12.1. The minimum absolute atomic E-state index is 0.128. The number of nitrogens with zero attached hydrogens (tertiary/aromatic N) is 1. The third kappa shape index (κ3) is 2.91. The number of para-hydroxylation sites is 1. The third-order valence-electron chi connectivity index (χ3n) is 3.75. The minimum Gasteiger partial charge on any atom is -0.494 e. The van der Waals surface area contributed by atoms with Gasteiger partial charge in [0.2, 0.25) is 0 Å². The number of benzene rings is 2. The van der Waals surface area contributed by atoms with E-state index >= 15 is 0 Å². The zero-order chi connectivity index (χ0) is 17.1. The van der Waals surface area contributed by atoms with Gasteiger partial charge in [0.25, 0.3) is 5.56 Å². The molecule has 1 atom stereocenters. The van der Waals surface area contributed by atoms with Crippen LogP contribution in [0.2, 0.25) is 0 Å². The molecular formula is C18H19N3O3. The number of nitrogens with two attached hydrogens (primary N) is 1. The Bertz CT molecular complexity index is 867. The summed E-state index contributed by atoms with van der Waals surface area (Å²) < 4.78 is 6.70. The van der Waals surface area contributed by atoms with Gasteiger partial charge in [0.05, 0.1) is 17.9 Å². The van der Waals surface area contributed by atoms with Crippen molar-refractivity contribution in [1.82, 2.24) is 9.78 Å². The van der Waals surface area contributed by atoms with E-state index in [0.717, 1.165) is 0 Å². The van der Waals surface area contributed by atoms with Crippen molar-refractivity contribution in [2.24, 2.45) is 0 Å². The van der Waals surface area contributed by atoms with Crippen LogP contribution in [-0.4, -0.2) is 21.5 Å². The zero-order valence-corrected chi connectivity index (χ0v) is 13.3. The third-order valence-corrected chi connectivity index (χ3v) is 3.75. The summed E-state index contributed by atoms with van der Waals surface area (Å²) in [6, 6.07) is 16.0. The number of hydrogen-bond donors (Lipinski definition) is 3. The molecule has 0 amide bonds. The molecule has 1 aromatic heterocycles. The van der Waals surface area contributed by atoms with Gasteiger partial charge in [-0.1, -0.05) is 30.3 Å². The fourth-order valence-electron chi connectivity index (χ4n) is 2.57. The molecule has 0 aliphatic heterocycles. The Balaban J connectivity index is 1.97. The number of aromatic nitrogens is 2. The van der Waals surface area contributed by atoms with Crippen LogP contribution >= 0.6 is 0 Å². The molecule has 0 aliphatic rings. The van der Waals surface area contributed by atoms with Gasteiger partial charge < -0.3 is 15.6 Å². The number of H-pyrrole nitrogens is 1. The van der Waals surface area contributed by atoms with Crippen LogP contribution in [0, 0.1) is 0 Å². The molecule has 0 unspecified atom stereocenters. The first-order chi connectivity index (χ1) is 11.6. The SMILES string of the molecule is CCOc1ccc([C@@H](O)c2c(N)[nH]n(-c3ccccc3)c2=O)cc1. The van der Waals surface area contributed by atoms with Crippen LogP contribution in [0.1, 0.15) is 24.2 Å². The largest absolute Gasteiger partial charge is 0.494 e. The van der Waals surface area contributed by atoms with Crippen LogP contribution in [0.3, 0.4) is 0 Å². The fraction of sp³-hybridized carbons (Fsp3) is 0.167. The molecule has 0 radical (unpaired) electrons. The lowest BCUT2D eigenvalue weighted by Gasteiger charge is -2.10. The molecule has 0 aliphatic carbocycles. The Kier molecular flexibility index (Phi) is 4.39. The van der Waals surface area contributed by atoms with E-state index < -0.39 is 6.10 Å². The summed E-state index contributed by atoms with van der Waals surface area (Å²) in [4.78, 5) is 12.6. The average Bonchev–Trinajstić information content (AvgIpc) is 2.90. The van der Waals surface area contributed by atoms with Crippen LogP contribution in [0.25, 0.3) is 5.69 Å². The van der Waals surface area contributed by atoms with Crippen molar-refractivity contribution in [3.8, 4) is 11.4 Å². The van der Waals surface area contributed by atoms with Crippen molar-refractivity contribution in [2.75, 3.05) is 12.3 Å².